The molecular weight excluding hydrogens is 426 g/mol. The molecule has 30 heavy (non-hydrogen) atoms. The van der Waals surface area contributed by atoms with Crippen molar-refractivity contribution < 1.29 is 22.4 Å². The lowest BCUT2D eigenvalue weighted by Gasteiger charge is -2.34. The van der Waals surface area contributed by atoms with Gasteiger partial charge in [0.2, 0.25) is 10.0 Å². The number of hydrogen-bond acceptors (Lipinski definition) is 7. The molecule has 1 saturated heterocycles. The van der Waals surface area contributed by atoms with Crippen LogP contribution in [0.2, 0.25) is 0 Å². The minimum absolute atomic E-state index is 0.161. The molecule has 1 fully saturated rings. The van der Waals surface area contributed by atoms with Crippen molar-refractivity contribution in [1.29, 1.82) is 0 Å². The number of thiazole rings is 1. The van der Waals surface area contributed by atoms with Crippen molar-refractivity contribution in [3.63, 3.8) is 0 Å². The van der Waals surface area contributed by atoms with Gasteiger partial charge in [-0.2, -0.15) is 4.31 Å². The Kier molecular flexibility index (Phi) is 5.74. The molecule has 0 spiro atoms. The van der Waals surface area contributed by atoms with Gasteiger partial charge in [-0.05, 0) is 50.2 Å². The summed E-state index contributed by atoms with van der Waals surface area (Å²) in [7, 11) is -3.63. The molecule has 0 radical (unpaired) electrons. The summed E-state index contributed by atoms with van der Waals surface area (Å²) in [6.07, 6.45) is 1.22. The average molecular weight is 448 g/mol. The lowest BCUT2D eigenvalue weighted by Crippen LogP contribution is -2.48. The van der Waals surface area contributed by atoms with Crippen LogP contribution in [0.15, 0.2) is 57.4 Å². The number of aromatic nitrogens is 1. The number of anilines is 1. The highest BCUT2D eigenvalue weighted by Gasteiger charge is 2.32. The molecule has 1 aliphatic rings. The summed E-state index contributed by atoms with van der Waals surface area (Å²) in [6.45, 7) is 4.33. The molecule has 1 amide bonds. The molecule has 0 bridgehead atoms. The Morgan fingerprint density at radius 3 is 2.50 bits per heavy atom. The minimum atomic E-state index is -3.63. The highest BCUT2D eigenvalue weighted by molar-refractivity contribution is 7.89. The molecular formula is C20H21N3O5S2. The summed E-state index contributed by atoms with van der Waals surface area (Å²) in [6, 6.07) is 9.64. The van der Waals surface area contributed by atoms with Gasteiger partial charge >= 0.3 is 0 Å². The van der Waals surface area contributed by atoms with E-state index in [1.165, 1.54) is 27.8 Å². The standard InChI is InChI=1S/C20H21N3O5S2/c1-13-10-23(11-14(2)28-13)30(25,26)16-7-5-15(6-8-16)21-19(24)17-12-29-20(22-17)18-4-3-9-27-18/h3-9,12-14H,10-11H2,1-2H3,(H,21,24)/t13-,14-/m0/s1. The van der Waals surface area contributed by atoms with Crippen LogP contribution in [-0.4, -0.2) is 48.9 Å². The zero-order valence-corrected chi connectivity index (χ0v) is 18.1. The maximum absolute atomic E-state index is 12.9. The average Bonchev–Trinajstić information content (AvgIpc) is 3.39. The minimum Gasteiger partial charge on any atom is -0.462 e. The number of ether oxygens (including phenoxy) is 1. The number of rotatable bonds is 5. The van der Waals surface area contributed by atoms with Gasteiger partial charge in [-0.1, -0.05) is 0 Å². The zero-order chi connectivity index (χ0) is 21.3. The fourth-order valence-corrected chi connectivity index (χ4v) is 5.63. The molecule has 1 N–H and O–H groups in total. The largest absolute Gasteiger partial charge is 0.462 e. The molecule has 3 heterocycles. The summed E-state index contributed by atoms with van der Waals surface area (Å²) in [5, 5.41) is 4.99. The number of benzene rings is 1. The van der Waals surface area contributed by atoms with Crippen LogP contribution in [0.1, 0.15) is 24.3 Å². The maximum atomic E-state index is 12.9. The van der Waals surface area contributed by atoms with E-state index in [1.54, 1.807) is 35.9 Å². The molecule has 10 heteroatoms. The van der Waals surface area contributed by atoms with Gasteiger partial charge in [0.25, 0.3) is 5.91 Å². The second-order valence-electron chi connectivity index (χ2n) is 7.07. The van der Waals surface area contributed by atoms with Gasteiger partial charge in [0.15, 0.2) is 10.8 Å². The first kappa shape index (κ1) is 20.7. The third-order valence-corrected chi connectivity index (χ3v) is 7.31. The molecule has 2 atom stereocenters. The second-order valence-corrected chi connectivity index (χ2v) is 9.87. The van der Waals surface area contributed by atoms with Crippen molar-refractivity contribution in [1.82, 2.24) is 9.29 Å². The summed E-state index contributed by atoms with van der Waals surface area (Å²) in [4.78, 5) is 16.9. The lowest BCUT2D eigenvalue weighted by atomic mass is 10.3. The number of nitrogens with one attached hydrogen (secondary N) is 1. The van der Waals surface area contributed by atoms with Gasteiger partial charge in [0, 0.05) is 24.2 Å². The number of furan rings is 1. The molecule has 0 aliphatic carbocycles. The number of nitrogens with zero attached hydrogens (tertiary/aromatic N) is 2. The van der Waals surface area contributed by atoms with Gasteiger partial charge in [-0.25, -0.2) is 13.4 Å². The third kappa shape index (κ3) is 4.31. The number of morpholine rings is 1. The fourth-order valence-electron chi connectivity index (χ4n) is 3.27. The highest BCUT2D eigenvalue weighted by atomic mass is 32.2. The van der Waals surface area contributed by atoms with Gasteiger partial charge in [-0.3, -0.25) is 4.79 Å². The molecule has 4 rings (SSSR count). The first-order valence-electron chi connectivity index (χ1n) is 9.39. The molecule has 1 aliphatic heterocycles. The van der Waals surface area contributed by atoms with Crippen molar-refractivity contribution in [2.45, 2.75) is 31.0 Å². The monoisotopic (exact) mass is 447 g/mol. The Morgan fingerprint density at radius 2 is 1.87 bits per heavy atom. The quantitative estimate of drug-likeness (QED) is 0.643. The summed E-state index contributed by atoms with van der Waals surface area (Å²) >= 11 is 1.31. The number of amides is 1. The molecule has 0 saturated carbocycles. The predicted octanol–water partition coefficient (Wildman–Crippen LogP) is 3.45. The number of carbonyl (C=O) groups excluding carboxylic acids is 1. The second kappa shape index (κ2) is 8.31. The van der Waals surface area contributed by atoms with E-state index in [0.29, 0.717) is 29.5 Å². The van der Waals surface area contributed by atoms with Crippen LogP contribution >= 0.6 is 11.3 Å². The van der Waals surface area contributed by atoms with Crippen molar-refractivity contribution >= 4 is 33.0 Å². The molecule has 3 aromatic rings. The van der Waals surface area contributed by atoms with E-state index in [9.17, 15) is 13.2 Å². The summed E-state index contributed by atoms with van der Waals surface area (Å²) in [5.41, 5.74) is 0.745. The van der Waals surface area contributed by atoms with Gasteiger partial charge in [0.05, 0.1) is 23.4 Å². The van der Waals surface area contributed by atoms with Crippen LogP contribution < -0.4 is 5.32 Å². The van der Waals surface area contributed by atoms with Gasteiger partial charge in [0.1, 0.15) is 5.69 Å². The zero-order valence-electron chi connectivity index (χ0n) is 16.4. The number of hydrogen-bond donors (Lipinski definition) is 1. The smallest absolute Gasteiger partial charge is 0.275 e. The van der Waals surface area contributed by atoms with Crippen LogP contribution in [0.4, 0.5) is 5.69 Å². The van der Waals surface area contributed by atoms with Gasteiger partial charge < -0.3 is 14.5 Å². The van der Waals surface area contributed by atoms with Crippen molar-refractivity contribution in [3.8, 4) is 10.8 Å². The summed E-state index contributed by atoms with van der Waals surface area (Å²) in [5.74, 6) is 0.218. The molecule has 158 valence electrons. The highest BCUT2D eigenvalue weighted by Crippen LogP contribution is 2.25. The molecule has 0 unspecified atom stereocenters. The van der Waals surface area contributed by atoms with Crippen LogP contribution in [0.3, 0.4) is 0 Å². The van der Waals surface area contributed by atoms with E-state index in [1.807, 2.05) is 13.8 Å². The lowest BCUT2D eigenvalue weighted by molar-refractivity contribution is -0.0440. The van der Waals surface area contributed by atoms with E-state index < -0.39 is 10.0 Å². The van der Waals surface area contributed by atoms with Crippen LogP contribution in [0.5, 0.6) is 0 Å². The van der Waals surface area contributed by atoms with E-state index >= 15 is 0 Å². The van der Waals surface area contributed by atoms with Crippen LogP contribution in [-0.2, 0) is 14.8 Å². The van der Waals surface area contributed by atoms with Crippen molar-refractivity contribution in [2.24, 2.45) is 0 Å². The van der Waals surface area contributed by atoms with E-state index in [2.05, 4.69) is 10.3 Å². The Bertz CT molecular complexity index is 1110. The van der Waals surface area contributed by atoms with Crippen LogP contribution in [0, 0.1) is 0 Å². The predicted molar refractivity (Wildman–Crippen MR) is 113 cm³/mol. The van der Waals surface area contributed by atoms with E-state index in [0.717, 1.165) is 0 Å². The third-order valence-electron chi connectivity index (χ3n) is 4.60. The molecule has 1 aromatic carbocycles. The Labute approximate surface area is 178 Å². The van der Waals surface area contributed by atoms with E-state index in [-0.39, 0.29) is 28.7 Å². The Balaban J connectivity index is 1.45. The Hall–Kier alpha value is -2.53. The normalized spacial score (nSPS) is 20.2. The molecule has 8 nitrogen and oxygen atoms in total. The van der Waals surface area contributed by atoms with Crippen molar-refractivity contribution in [3.05, 3.63) is 53.7 Å². The van der Waals surface area contributed by atoms with Crippen LogP contribution in [0.25, 0.3) is 10.8 Å². The Morgan fingerprint density at radius 1 is 1.17 bits per heavy atom. The first-order valence-corrected chi connectivity index (χ1v) is 11.7. The molecule has 2 aromatic heterocycles. The first-order chi connectivity index (χ1) is 14.3. The van der Waals surface area contributed by atoms with Crippen molar-refractivity contribution in [2.75, 3.05) is 18.4 Å². The summed E-state index contributed by atoms with van der Waals surface area (Å²) < 4.78 is 38.2. The van der Waals surface area contributed by atoms with Gasteiger partial charge in [-0.15, -0.1) is 11.3 Å². The number of carbonyl (C=O) groups is 1. The maximum Gasteiger partial charge on any atom is 0.275 e. The SMILES string of the molecule is C[C@H]1CN(S(=O)(=O)c2ccc(NC(=O)c3csc(-c4ccco4)n3)cc2)C[C@H](C)O1. The van der Waals surface area contributed by atoms with E-state index in [4.69, 9.17) is 9.15 Å². The fraction of sp³-hybridized carbons (Fsp3) is 0.300. The topological polar surface area (TPSA) is 102 Å². The number of sulfonamides is 1.